The number of fused-ring (bicyclic) bond motifs is 4. The summed E-state index contributed by atoms with van der Waals surface area (Å²) >= 11 is 2.09. The van der Waals surface area contributed by atoms with Crippen molar-refractivity contribution in [1.82, 2.24) is 0 Å². The van der Waals surface area contributed by atoms with Gasteiger partial charge in [0.15, 0.2) is 0 Å². The fraction of sp³-hybridized carbons (Fsp3) is 0.700. The van der Waals surface area contributed by atoms with E-state index in [1.807, 2.05) is 0 Å². The highest BCUT2D eigenvalue weighted by atomic mass is 32.2. The lowest BCUT2D eigenvalue weighted by molar-refractivity contribution is 0.133. The second-order valence-corrected chi connectivity index (χ2v) is 18.2. The molecule has 0 amide bonds. The van der Waals surface area contributed by atoms with E-state index < -0.39 is 0 Å². The van der Waals surface area contributed by atoms with Gasteiger partial charge in [0.2, 0.25) is 0 Å². The Kier molecular flexibility index (Phi) is 7.63. The number of phenolic OH excluding ortho intramolecular Hbond substituents is 2. The van der Waals surface area contributed by atoms with Gasteiger partial charge in [-0.25, -0.2) is 0 Å². The largest absolute Gasteiger partial charge is 0.507 e. The Labute approximate surface area is 266 Å². The molecule has 3 heteroatoms. The maximum absolute atomic E-state index is 11.4. The minimum atomic E-state index is 0.242. The number of aryl methyl sites for hydroxylation is 2. The van der Waals surface area contributed by atoms with E-state index in [2.05, 4.69) is 105 Å². The standard InChI is InChI=1S/C40H58O2S/c1-11-33(25-17-23(3)35(41)29(19-25)31-21-27-13-15-39(31,9)37(27,5)6)43-34(12-2)26-18-24(4)36(42)30(20-26)32-22-28-14-16-40(32,10)38(28,7)8/h17-20,27-28,31-34,41-42H,11-16,21-22H2,1-10H3. The topological polar surface area (TPSA) is 40.5 Å². The Bertz CT molecular complexity index is 1300. The van der Waals surface area contributed by atoms with Crippen LogP contribution in [0.1, 0.15) is 162 Å². The highest BCUT2D eigenvalue weighted by Crippen LogP contribution is 2.73. The first kappa shape index (κ1) is 31.4. The molecule has 4 bridgehead atoms. The molecule has 0 saturated heterocycles. The quantitative estimate of drug-likeness (QED) is 0.316. The van der Waals surface area contributed by atoms with Gasteiger partial charge in [0.25, 0.3) is 0 Å². The van der Waals surface area contributed by atoms with Gasteiger partial charge in [-0.1, -0.05) is 79.7 Å². The fourth-order valence-electron chi connectivity index (χ4n) is 10.9. The van der Waals surface area contributed by atoms with Gasteiger partial charge in [0.05, 0.1) is 0 Å². The van der Waals surface area contributed by atoms with Gasteiger partial charge < -0.3 is 10.2 Å². The van der Waals surface area contributed by atoms with Gasteiger partial charge in [-0.3, -0.25) is 0 Å². The molecule has 0 spiro atoms. The smallest absolute Gasteiger partial charge is 0.121 e. The van der Waals surface area contributed by atoms with Crippen LogP contribution in [-0.2, 0) is 0 Å². The van der Waals surface area contributed by atoms with Crippen LogP contribution in [0.2, 0.25) is 0 Å². The van der Waals surface area contributed by atoms with Crippen molar-refractivity contribution < 1.29 is 10.2 Å². The lowest BCUT2D eigenvalue weighted by Gasteiger charge is -2.40. The Morgan fingerprint density at radius 3 is 1.33 bits per heavy atom. The van der Waals surface area contributed by atoms with Crippen LogP contribution in [0.15, 0.2) is 24.3 Å². The van der Waals surface area contributed by atoms with Crippen molar-refractivity contribution in [2.24, 2.45) is 33.5 Å². The molecule has 43 heavy (non-hydrogen) atoms. The minimum absolute atomic E-state index is 0.242. The third-order valence-corrected chi connectivity index (χ3v) is 16.7. The first-order chi connectivity index (χ1) is 20.1. The summed E-state index contributed by atoms with van der Waals surface area (Å²) in [6, 6.07) is 9.32. The van der Waals surface area contributed by atoms with E-state index >= 15 is 0 Å². The van der Waals surface area contributed by atoms with Crippen LogP contribution >= 0.6 is 11.8 Å². The van der Waals surface area contributed by atoms with Crippen molar-refractivity contribution in [1.29, 1.82) is 0 Å². The second kappa shape index (κ2) is 10.5. The van der Waals surface area contributed by atoms with Crippen LogP contribution in [-0.4, -0.2) is 10.2 Å². The molecule has 0 aromatic heterocycles. The van der Waals surface area contributed by atoms with E-state index in [4.69, 9.17) is 0 Å². The first-order valence-corrected chi connectivity index (χ1v) is 18.4. The fourth-order valence-corrected chi connectivity index (χ4v) is 12.3. The molecule has 8 atom stereocenters. The van der Waals surface area contributed by atoms with Crippen molar-refractivity contribution in [3.8, 4) is 11.5 Å². The SMILES string of the molecule is CCC(SC(CC)c1cc(C)c(O)c(C2CC3CCC2(C)C3(C)C)c1)c1cc(C)c(O)c(C2CC3CCC2(C)C3(C)C)c1. The average Bonchev–Trinajstić information content (AvgIpc) is 3.48. The van der Waals surface area contributed by atoms with E-state index in [1.165, 1.54) is 60.8 Å². The van der Waals surface area contributed by atoms with Crippen LogP contribution in [0.4, 0.5) is 0 Å². The van der Waals surface area contributed by atoms with Crippen molar-refractivity contribution in [2.75, 3.05) is 0 Å². The summed E-state index contributed by atoms with van der Waals surface area (Å²) in [7, 11) is 0. The van der Waals surface area contributed by atoms with Crippen molar-refractivity contribution in [3.05, 3.63) is 57.6 Å². The summed E-state index contributed by atoms with van der Waals surface area (Å²) in [4.78, 5) is 0. The summed E-state index contributed by atoms with van der Waals surface area (Å²) in [6.45, 7) is 23.7. The predicted octanol–water partition coefficient (Wildman–Crippen LogP) is 11.9. The normalized spacial score (nSPS) is 35.0. The molecule has 4 aliphatic carbocycles. The molecule has 4 aliphatic rings. The number of thioether (sulfide) groups is 1. The number of phenols is 2. The number of aromatic hydroxyl groups is 2. The molecule has 2 nitrogen and oxygen atoms in total. The molecule has 4 fully saturated rings. The number of rotatable bonds is 8. The maximum atomic E-state index is 11.4. The summed E-state index contributed by atoms with van der Waals surface area (Å²) in [5.41, 5.74) is 8.33. The number of hydrogen-bond acceptors (Lipinski definition) is 3. The predicted molar refractivity (Wildman–Crippen MR) is 183 cm³/mol. The van der Waals surface area contributed by atoms with E-state index in [0.29, 0.717) is 44.7 Å². The highest BCUT2D eigenvalue weighted by molar-refractivity contribution is 7.99. The molecule has 4 saturated carbocycles. The van der Waals surface area contributed by atoms with Gasteiger partial charge in [-0.05, 0) is 144 Å². The molecule has 0 aliphatic heterocycles. The van der Waals surface area contributed by atoms with Crippen molar-refractivity contribution >= 4 is 11.8 Å². The molecular weight excluding hydrogens is 545 g/mol. The van der Waals surface area contributed by atoms with Gasteiger partial charge in [-0.15, -0.1) is 11.8 Å². The molecule has 0 heterocycles. The molecule has 2 aromatic carbocycles. The lowest BCUT2D eigenvalue weighted by Crippen LogP contribution is -2.31. The molecule has 0 radical (unpaired) electrons. The first-order valence-electron chi connectivity index (χ1n) is 17.4. The van der Waals surface area contributed by atoms with Crippen LogP contribution < -0.4 is 0 Å². The monoisotopic (exact) mass is 602 g/mol. The molecular formula is C40H58O2S. The van der Waals surface area contributed by atoms with Crippen molar-refractivity contribution in [2.45, 2.75) is 143 Å². The number of hydrogen-bond donors (Lipinski definition) is 2. The Morgan fingerprint density at radius 1 is 0.674 bits per heavy atom. The zero-order chi connectivity index (χ0) is 31.3. The summed E-state index contributed by atoms with van der Waals surface area (Å²) in [5.74, 6) is 3.43. The van der Waals surface area contributed by atoms with Crippen LogP contribution in [0.5, 0.6) is 11.5 Å². The van der Waals surface area contributed by atoms with Gasteiger partial charge in [-0.2, -0.15) is 0 Å². The summed E-state index contributed by atoms with van der Waals surface area (Å²) in [6.07, 6.45) is 9.71. The van der Waals surface area contributed by atoms with Crippen molar-refractivity contribution in [3.63, 3.8) is 0 Å². The Balaban J connectivity index is 1.32. The third-order valence-electron chi connectivity index (χ3n) is 14.9. The van der Waals surface area contributed by atoms with Gasteiger partial charge in [0, 0.05) is 10.5 Å². The third kappa shape index (κ3) is 4.39. The molecule has 236 valence electrons. The van der Waals surface area contributed by atoms with Crippen LogP contribution in [0.25, 0.3) is 0 Å². The van der Waals surface area contributed by atoms with E-state index in [9.17, 15) is 10.2 Å². The van der Waals surface area contributed by atoms with E-state index in [1.54, 1.807) is 0 Å². The zero-order valence-electron chi connectivity index (χ0n) is 28.7. The maximum Gasteiger partial charge on any atom is 0.121 e. The molecule has 2 N–H and O–H groups in total. The Morgan fingerprint density at radius 2 is 1.05 bits per heavy atom. The van der Waals surface area contributed by atoms with Gasteiger partial charge in [0.1, 0.15) is 11.5 Å². The average molecular weight is 603 g/mol. The van der Waals surface area contributed by atoms with Crippen LogP contribution in [0.3, 0.4) is 0 Å². The summed E-state index contributed by atoms with van der Waals surface area (Å²) < 4.78 is 0. The minimum Gasteiger partial charge on any atom is -0.507 e. The molecule has 6 rings (SSSR count). The van der Waals surface area contributed by atoms with E-state index in [0.717, 1.165) is 35.8 Å². The Hall–Kier alpha value is -1.61. The van der Waals surface area contributed by atoms with Crippen LogP contribution in [0, 0.1) is 47.3 Å². The van der Waals surface area contributed by atoms with Gasteiger partial charge >= 0.3 is 0 Å². The second-order valence-electron chi connectivity index (χ2n) is 16.8. The highest BCUT2D eigenvalue weighted by Gasteiger charge is 2.63. The van der Waals surface area contributed by atoms with E-state index in [-0.39, 0.29) is 10.8 Å². The number of benzene rings is 2. The molecule has 2 aromatic rings. The summed E-state index contributed by atoms with van der Waals surface area (Å²) in [5, 5.41) is 23.6. The zero-order valence-corrected chi connectivity index (χ0v) is 29.5. The molecule has 8 unspecified atom stereocenters. The lowest BCUT2D eigenvalue weighted by atomic mass is 9.64.